The number of aromatic nitrogens is 3. The number of anilines is 1. The second kappa shape index (κ2) is 9.36. The maximum Gasteiger partial charge on any atom is 0.419 e. The highest BCUT2D eigenvalue weighted by atomic mass is 35.5. The zero-order valence-corrected chi connectivity index (χ0v) is 19.2. The molecule has 2 aromatic carbocycles. The van der Waals surface area contributed by atoms with Crippen molar-refractivity contribution in [2.75, 3.05) is 4.72 Å². The van der Waals surface area contributed by atoms with Crippen molar-refractivity contribution < 1.29 is 35.1 Å². The molecule has 0 aliphatic carbocycles. The van der Waals surface area contributed by atoms with E-state index in [1.165, 1.54) is 23.2 Å². The molecule has 0 aliphatic heterocycles. The molecule has 0 spiro atoms. The minimum Gasteiger partial charge on any atom is -0.455 e. The van der Waals surface area contributed by atoms with Crippen molar-refractivity contribution in [3.05, 3.63) is 75.8 Å². The lowest BCUT2D eigenvalue weighted by Crippen LogP contribution is -2.15. The van der Waals surface area contributed by atoms with Crippen LogP contribution in [0.5, 0.6) is 11.5 Å². The lowest BCUT2D eigenvalue weighted by atomic mass is 10.0. The molecule has 0 unspecified atom stereocenters. The molecule has 0 radical (unpaired) electrons. The van der Waals surface area contributed by atoms with Gasteiger partial charge in [-0.05, 0) is 18.2 Å². The van der Waals surface area contributed by atoms with Crippen molar-refractivity contribution in [3.8, 4) is 22.6 Å². The number of rotatable bonds is 6. The van der Waals surface area contributed by atoms with Gasteiger partial charge in [-0.15, -0.1) is 11.3 Å². The molecule has 0 saturated carbocycles. The quantitative estimate of drug-likeness (QED) is 0.291. The molecule has 0 atom stereocenters. The highest BCUT2D eigenvalue weighted by molar-refractivity contribution is 7.92. The Balaban J connectivity index is 1.76. The van der Waals surface area contributed by atoms with Crippen molar-refractivity contribution in [1.29, 1.82) is 0 Å². The van der Waals surface area contributed by atoms with Crippen LogP contribution in [0.4, 0.5) is 27.8 Å². The molecule has 182 valence electrons. The Labute approximate surface area is 203 Å². The van der Waals surface area contributed by atoms with Gasteiger partial charge in [-0.3, -0.25) is 4.72 Å². The lowest BCUT2D eigenvalue weighted by molar-refractivity contribution is -0.139. The number of thiazole rings is 1. The monoisotopic (exact) mass is 548 g/mol. The van der Waals surface area contributed by atoms with E-state index in [-0.39, 0.29) is 16.9 Å². The molecule has 4 aromatic rings. The van der Waals surface area contributed by atoms with Crippen LogP contribution in [-0.2, 0) is 16.2 Å². The molecule has 0 bridgehead atoms. The van der Waals surface area contributed by atoms with Gasteiger partial charge in [0.2, 0.25) is 0 Å². The van der Waals surface area contributed by atoms with Gasteiger partial charge in [-0.25, -0.2) is 22.2 Å². The third kappa shape index (κ3) is 5.33. The van der Waals surface area contributed by atoms with E-state index in [4.69, 9.17) is 16.3 Å². The summed E-state index contributed by atoms with van der Waals surface area (Å²) in [5.41, 5.74) is -0.365. The number of hydrogen-bond acceptors (Lipinski definition) is 7. The first-order chi connectivity index (χ1) is 16.5. The number of halogens is 6. The van der Waals surface area contributed by atoms with E-state index >= 15 is 0 Å². The summed E-state index contributed by atoms with van der Waals surface area (Å²) in [6.45, 7) is 0. The smallest absolute Gasteiger partial charge is 0.419 e. The maximum atomic E-state index is 14.8. The molecule has 35 heavy (non-hydrogen) atoms. The van der Waals surface area contributed by atoms with Crippen LogP contribution < -0.4 is 9.46 Å². The van der Waals surface area contributed by atoms with Crippen LogP contribution in [0.1, 0.15) is 5.56 Å². The molecule has 4 rings (SSSR count). The van der Waals surface area contributed by atoms with Gasteiger partial charge < -0.3 is 4.74 Å². The van der Waals surface area contributed by atoms with Crippen LogP contribution in [0.2, 0.25) is 5.02 Å². The first kappa shape index (κ1) is 24.8. The number of hydrogen-bond donors (Lipinski definition) is 1. The van der Waals surface area contributed by atoms with Crippen LogP contribution in [0, 0.1) is 11.6 Å². The third-order valence-corrected chi connectivity index (χ3v) is 6.69. The second-order valence-electron chi connectivity index (χ2n) is 6.75. The molecule has 7 nitrogen and oxygen atoms in total. The zero-order valence-electron chi connectivity index (χ0n) is 16.8. The standard InChI is InChI=1S/C20H10ClF5N4O3S2/c21-13-4-18(35(31,32)30-19-8-34-9-27-19)15(23)6-17(13)33-16-5-14(22)12(20(24,25)26)3-11(16)10-1-2-28-29-7-10/h1-9,30H. The number of benzene rings is 2. The van der Waals surface area contributed by atoms with Crippen LogP contribution in [0.15, 0.2) is 58.5 Å². The van der Waals surface area contributed by atoms with Crippen LogP contribution in [0.25, 0.3) is 11.1 Å². The Kier molecular flexibility index (Phi) is 6.62. The third-order valence-electron chi connectivity index (χ3n) is 4.44. The van der Waals surface area contributed by atoms with Crippen LogP contribution in [-0.4, -0.2) is 23.6 Å². The van der Waals surface area contributed by atoms with E-state index in [0.717, 1.165) is 23.6 Å². The van der Waals surface area contributed by atoms with E-state index in [9.17, 15) is 30.4 Å². The minimum atomic E-state index is -5.01. The molecular weight excluding hydrogens is 539 g/mol. The van der Waals surface area contributed by atoms with E-state index in [2.05, 4.69) is 19.9 Å². The van der Waals surface area contributed by atoms with Crippen molar-refractivity contribution in [2.24, 2.45) is 0 Å². The molecule has 0 fully saturated rings. The molecule has 0 amide bonds. The van der Waals surface area contributed by atoms with Gasteiger partial charge >= 0.3 is 6.18 Å². The summed E-state index contributed by atoms with van der Waals surface area (Å²) in [6.07, 6.45) is -2.71. The average molecular weight is 549 g/mol. The van der Waals surface area contributed by atoms with Crippen molar-refractivity contribution in [1.82, 2.24) is 15.2 Å². The largest absolute Gasteiger partial charge is 0.455 e. The highest BCUT2D eigenvalue weighted by Gasteiger charge is 2.35. The molecule has 2 heterocycles. The average Bonchev–Trinajstić information content (AvgIpc) is 3.28. The summed E-state index contributed by atoms with van der Waals surface area (Å²) in [6, 6.07) is 3.62. The van der Waals surface area contributed by atoms with Gasteiger partial charge in [0.1, 0.15) is 28.0 Å². The normalized spacial score (nSPS) is 11.9. The fraction of sp³-hybridized carbons (Fsp3) is 0.0500. The molecule has 15 heteroatoms. The van der Waals surface area contributed by atoms with E-state index in [1.54, 1.807) is 0 Å². The second-order valence-corrected chi connectivity index (χ2v) is 9.53. The number of nitrogens with zero attached hydrogens (tertiary/aromatic N) is 3. The van der Waals surface area contributed by atoms with Crippen LogP contribution >= 0.6 is 22.9 Å². The van der Waals surface area contributed by atoms with Gasteiger partial charge in [0.25, 0.3) is 10.0 Å². The number of ether oxygens (including phenoxy) is 1. The predicted molar refractivity (Wildman–Crippen MR) is 117 cm³/mol. The van der Waals surface area contributed by atoms with E-state index in [0.29, 0.717) is 18.2 Å². The van der Waals surface area contributed by atoms with Crippen molar-refractivity contribution in [3.63, 3.8) is 0 Å². The lowest BCUT2D eigenvalue weighted by Gasteiger charge is -2.16. The summed E-state index contributed by atoms with van der Waals surface area (Å²) >= 11 is 7.19. The Morgan fingerprint density at radius 2 is 1.77 bits per heavy atom. The summed E-state index contributed by atoms with van der Waals surface area (Å²) in [4.78, 5) is 2.91. The maximum absolute atomic E-state index is 14.8. The highest BCUT2D eigenvalue weighted by Crippen LogP contribution is 2.42. The van der Waals surface area contributed by atoms with Gasteiger partial charge in [-0.1, -0.05) is 11.6 Å². The minimum absolute atomic E-state index is 0.0401. The van der Waals surface area contributed by atoms with E-state index in [1.807, 2.05) is 0 Å². The summed E-state index contributed by atoms with van der Waals surface area (Å²) in [5, 5.41) is 8.08. The number of sulfonamides is 1. The van der Waals surface area contributed by atoms with Gasteiger partial charge in [0.15, 0.2) is 5.82 Å². The fourth-order valence-electron chi connectivity index (χ4n) is 2.90. The summed E-state index contributed by atoms with van der Waals surface area (Å²) in [5.74, 6) is -3.91. The number of alkyl halides is 3. The van der Waals surface area contributed by atoms with Gasteiger partial charge in [-0.2, -0.15) is 23.4 Å². The van der Waals surface area contributed by atoms with Gasteiger partial charge in [0.05, 0.1) is 28.5 Å². The van der Waals surface area contributed by atoms with Crippen molar-refractivity contribution in [2.45, 2.75) is 11.1 Å². The van der Waals surface area contributed by atoms with Gasteiger partial charge in [0, 0.05) is 28.6 Å². The fourth-order valence-corrected chi connectivity index (χ4v) is 4.81. The molecule has 1 N–H and O–H groups in total. The Morgan fingerprint density at radius 3 is 2.40 bits per heavy atom. The predicted octanol–water partition coefficient (Wildman–Crippen LogP) is 6.14. The number of nitrogens with one attached hydrogen (secondary N) is 1. The zero-order chi connectivity index (χ0) is 25.4. The van der Waals surface area contributed by atoms with Crippen molar-refractivity contribution >= 4 is 38.8 Å². The SMILES string of the molecule is O=S(=O)(Nc1cscn1)c1cc(Cl)c(Oc2cc(F)c(C(F)(F)F)cc2-c2ccnnc2)cc1F. The van der Waals surface area contributed by atoms with Crippen LogP contribution in [0.3, 0.4) is 0 Å². The Bertz CT molecular complexity index is 1490. The Hall–Kier alpha value is -3.36. The first-order valence-corrected chi connectivity index (χ1v) is 12.0. The molecule has 0 saturated heterocycles. The first-order valence-electron chi connectivity index (χ1n) is 9.21. The molecular formula is C20H10ClF5N4O3S2. The van der Waals surface area contributed by atoms with E-state index < -0.39 is 54.8 Å². The summed E-state index contributed by atoms with van der Waals surface area (Å²) in [7, 11) is -4.43. The summed E-state index contributed by atoms with van der Waals surface area (Å²) < 4.78 is 101. The topological polar surface area (TPSA) is 94.1 Å². The molecule has 0 aliphatic rings. The molecule has 2 aromatic heterocycles. The Morgan fingerprint density at radius 1 is 1.03 bits per heavy atom.